The van der Waals surface area contributed by atoms with Gasteiger partial charge in [0.05, 0.1) is 0 Å². The van der Waals surface area contributed by atoms with Crippen molar-refractivity contribution in [1.82, 2.24) is 15.4 Å². The Morgan fingerprint density at radius 2 is 1.81 bits per heavy atom. The monoisotopic (exact) mass is 353 g/mol. The Hall–Kier alpha value is -2.63. The number of piperidine rings is 1. The highest BCUT2D eigenvalue weighted by molar-refractivity contribution is 5.92. The first-order valence-electron chi connectivity index (χ1n) is 9.23. The van der Waals surface area contributed by atoms with E-state index >= 15 is 0 Å². The lowest BCUT2D eigenvalue weighted by Crippen LogP contribution is -2.46. The number of hydrogen-bond acceptors (Lipinski definition) is 4. The van der Waals surface area contributed by atoms with Crippen LogP contribution in [0.2, 0.25) is 0 Å². The fraction of sp³-hybridized carbons (Fsp3) is 0.450. The van der Waals surface area contributed by atoms with Crippen LogP contribution in [0.3, 0.4) is 0 Å². The maximum Gasteiger partial charge on any atom is 0.290 e. The van der Waals surface area contributed by atoms with Crippen LogP contribution < -0.4 is 5.32 Å². The molecular formula is C20H23N3O3. The van der Waals surface area contributed by atoms with Gasteiger partial charge in [0.1, 0.15) is 5.69 Å². The van der Waals surface area contributed by atoms with Crippen LogP contribution in [0.1, 0.15) is 41.8 Å². The normalized spacial score (nSPS) is 18.0. The van der Waals surface area contributed by atoms with Gasteiger partial charge in [-0.2, -0.15) is 0 Å². The molecule has 4 rings (SSSR count). The molecule has 1 aliphatic heterocycles. The van der Waals surface area contributed by atoms with E-state index in [1.165, 1.54) is 5.56 Å². The highest BCUT2D eigenvalue weighted by atomic mass is 16.5. The van der Waals surface area contributed by atoms with Gasteiger partial charge in [-0.25, -0.2) is 0 Å². The summed E-state index contributed by atoms with van der Waals surface area (Å²) in [6.45, 7) is 3.45. The van der Waals surface area contributed by atoms with Crippen molar-refractivity contribution in [2.75, 3.05) is 13.1 Å². The Kier molecular flexibility index (Phi) is 4.49. The summed E-state index contributed by atoms with van der Waals surface area (Å²) in [7, 11) is 0. The molecule has 2 aliphatic rings. The first-order chi connectivity index (χ1) is 12.6. The zero-order chi connectivity index (χ0) is 18.1. The minimum atomic E-state index is -0.247. The number of carbonyl (C=O) groups is 2. The summed E-state index contributed by atoms with van der Waals surface area (Å²) >= 11 is 0. The molecule has 1 N–H and O–H groups in total. The molecule has 0 spiro atoms. The summed E-state index contributed by atoms with van der Waals surface area (Å²) in [6, 6.07) is 9.66. The Balaban J connectivity index is 1.32. The first kappa shape index (κ1) is 16.8. The lowest BCUT2D eigenvalue weighted by Gasteiger charge is -2.32. The zero-order valence-corrected chi connectivity index (χ0v) is 14.9. The van der Waals surface area contributed by atoms with Crippen molar-refractivity contribution >= 4 is 11.8 Å². The quantitative estimate of drug-likeness (QED) is 0.917. The molecule has 2 fully saturated rings. The number of benzene rings is 1. The maximum atomic E-state index is 12.4. The number of aromatic nitrogens is 1. The molecule has 0 unspecified atom stereocenters. The van der Waals surface area contributed by atoms with Crippen LogP contribution in [0, 0.1) is 12.8 Å². The van der Waals surface area contributed by atoms with Gasteiger partial charge >= 0.3 is 0 Å². The highest BCUT2D eigenvalue weighted by Gasteiger charge is 2.35. The molecule has 2 heterocycles. The van der Waals surface area contributed by atoms with Crippen molar-refractivity contribution in [2.45, 2.75) is 38.6 Å². The molecule has 0 bridgehead atoms. The van der Waals surface area contributed by atoms with Gasteiger partial charge in [-0.15, -0.1) is 0 Å². The number of amides is 2. The summed E-state index contributed by atoms with van der Waals surface area (Å²) in [5, 5.41) is 7.01. The van der Waals surface area contributed by atoms with Gasteiger partial charge in [-0.3, -0.25) is 9.59 Å². The fourth-order valence-corrected chi connectivity index (χ4v) is 3.33. The molecule has 0 atom stereocenters. The number of aryl methyl sites for hydroxylation is 1. The number of nitrogens with one attached hydrogen (secondary N) is 1. The SMILES string of the molecule is Cc1ccc(-c2cc(C(=O)NC3CCN(C(=O)C4CC4)CC3)on2)cc1. The second kappa shape index (κ2) is 6.94. The summed E-state index contributed by atoms with van der Waals surface area (Å²) < 4.78 is 5.23. The van der Waals surface area contributed by atoms with Crippen molar-refractivity contribution in [3.05, 3.63) is 41.7 Å². The zero-order valence-electron chi connectivity index (χ0n) is 14.9. The van der Waals surface area contributed by atoms with Gasteiger partial charge in [0.25, 0.3) is 5.91 Å². The van der Waals surface area contributed by atoms with Gasteiger partial charge in [0, 0.05) is 36.7 Å². The Bertz CT molecular complexity index is 800. The molecule has 1 aliphatic carbocycles. The van der Waals surface area contributed by atoms with E-state index in [1.807, 2.05) is 36.1 Å². The van der Waals surface area contributed by atoms with Crippen LogP contribution in [0.5, 0.6) is 0 Å². The Morgan fingerprint density at radius 3 is 2.46 bits per heavy atom. The standard InChI is InChI=1S/C20H23N3O3/c1-13-2-4-14(5-3-13)17-12-18(26-22-17)19(24)21-16-8-10-23(11-9-16)20(25)15-6-7-15/h2-5,12,15-16H,6-11H2,1H3,(H,21,24). The lowest BCUT2D eigenvalue weighted by atomic mass is 10.0. The number of hydrogen-bond donors (Lipinski definition) is 1. The van der Waals surface area contributed by atoms with Crippen molar-refractivity contribution in [1.29, 1.82) is 0 Å². The number of rotatable bonds is 4. The molecule has 2 amide bonds. The van der Waals surface area contributed by atoms with Crippen molar-refractivity contribution in [3.8, 4) is 11.3 Å². The summed E-state index contributed by atoms with van der Waals surface area (Å²) in [5.41, 5.74) is 2.74. The summed E-state index contributed by atoms with van der Waals surface area (Å²) in [4.78, 5) is 26.4. The van der Waals surface area contributed by atoms with E-state index in [9.17, 15) is 9.59 Å². The first-order valence-corrected chi connectivity index (χ1v) is 9.23. The van der Waals surface area contributed by atoms with Crippen molar-refractivity contribution < 1.29 is 14.1 Å². The lowest BCUT2D eigenvalue weighted by molar-refractivity contribution is -0.133. The Labute approximate surface area is 152 Å². The highest BCUT2D eigenvalue weighted by Crippen LogP contribution is 2.32. The van der Waals surface area contributed by atoms with E-state index in [-0.39, 0.29) is 29.5 Å². The third-order valence-corrected chi connectivity index (χ3v) is 5.15. The third-order valence-electron chi connectivity index (χ3n) is 5.15. The van der Waals surface area contributed by atoms with E-state index < -0.39 is 0 Å². The van der Waals surface area contributed by atoms with E-state index in [0.29, 0.717) is 18.8 Å². The van der Waals surface area contributed by atoms with Crippen LogP contribution >= 0.6 is 0 Å². The van der Waals surface area contributed by atoms with Crippen LogP contribution in [0.4, 0.5) is 0 Å². The predicted octanol–water partition coefficient (Wildman–Crippen LogP) is 2.78. The molecule has 2 aromatic rings. The molecule has 1 aromatic heterocycles. The molecule has 1 saturated heterocycles. The van der Waals surface area contributed by atoms with E-state index in [1.54, 1.807) is 6.07 Å². The van der Waals surface area contributed by atoms with E-state index in [0.717, 1.165) is 31.2 Å². The largest absolute Gasteiger partial charge is 0.350 e. The van der Waals surface area contributed by atoms with Gasteiger partial charge in [-0.1, -0.05) is 35.0 Å². The molecule has 0 radical (unpaired) electrons. The molecular weight excluding hydrogens is 330 g/mol. The minimum absolute atomic E-state index is 0.0682. The number of likely N-dealkylation sites (tertiary alicyclic amines) is 1. The second-order valence-corrected chi connectivity index (χ2v) is 7.29. The fourth-order valence-electron chi connectivity index (χ4n) is 3.33. The molecule has 6 heteroatoms. The summed E-state index contributed by atoms with van der Waals surface area (Å²) in [5.74, 6) is 0.517. The van der Waals surface area contributed by atoms with E-state index in [2.05, 4.69) is 10.5 Å². The van der Waals surface area contributed by atoms with Crippen molar-refractivity contribution in [2.24, 2.45) is 5.92 Å². The third kappa shape index (κ3) is 3.64. The summed E-state index contributed by atoms with van der Waals surface area (Å²) in [6.07, 6.45) is 3.63. The predicted molar refractivity (Wildman–Crippen MR) is 96.5 cm³/mol. The van der Waals surface area contributed by atoms with Gasteiger partial charge in [0.15, 0.2) is 0 Å². The number of carbonyl (C=O) groups excluding carboxylic acids is 2. The average Bonchev–Trinajstić information content (AvgIpc) is 3.39. The molecule has 26 heavy (non-hydrogen) atoms. The average molecular weight is 353 g/mol. The molecule has 1 aromatic carbocycles. The second-order valence-electron chi connectivity index (χ2n) is 7.29. The smallest absolute Gasteiger partial charge is 0.290 e. The number of nitrogens with zero attached hydrogens (tertiary/aromatic N) is 2. The minimum Gasteiger partial charge on any atom is -0.350 e. The molecule has 1 saturated carbocycles. The topological polar surface area (TPSA) is 75.4 Å². The van der Waals surface area contributed by atoms with E-state index in [4.69, 9.17) is 4.52 Å². The van der Waals surface area contributed by atoms with Crippen LogP contribution in [0.25, 0.3) is 11.3 Å². The molecule has 6 nitrogen and oxygen atoms in total. The van der Waals surface area contributed by atoms with Gasteiger partial charge in [0.2, 0.25) is 11.7 Å². The maximum absolute atomic E-state index is 12.4. The molecule has 136 valence electrons. The van der Waals surface area contributed by atoms with Crippen LogP contribution in [-0.4, -0.2) is 41.0 Å². The van der Waals surface area contributed by atoms with Crippen LogP contribution in [-0.2, 0) is 4.79 Å². The van der Waals surface area contributed by atoms with Crippen molar-refractivity contribution in [3.63, 3.8) is 0 Å². The van der Waals surface area contributed by atoms with Gasteiger partial charge < -0.3 is 14.7 Å². The Morgan fingerprint density at radius 1 is 1.12 bits per heavy atom. The van der Waals surface area contributed by atoms with Crippen LogP contribution in [0.15, 0.2) is 34.9 Å². The van der Waals surface area contributed by atoms with Gasteiger partial charge in [-0.05, 0) is 32.6 Å².